The van der Waals surface area contributed by atoms with Crippen molar-refractivity contribution in [1.29, 1.82) is 0 Å². The van der Waals surface area contributed by atoms with Crippen molar-refractivity contribution in [3.8, 4) is 11.4 Å². The third-order valence-corrected chi connectivity index (χ3v) is 5.14. The van der Waals surface area contributed by atoms with E-state index in [1.165, 1.54) is 11.8 Å². The van der Waals surface area contributed by atoms with Gasteiger partial charge >= 0.3 is 0 Å². The molecule has 144 valence electrons. The van der Waals surface area contributed by atoms with Crippen LogP contribution in [-0.2, 0) is 11.3 Å². The second-order valence-corrected chi connectivity index (χ2v) is 7.21. The third-order valence-electron chi connectivity index (χ3n) is 3.92. The summed E-state index contributed by atoms with van der Waals surface area (Å²) in [4.78, 5) is 23.3. The monoisotopic (exact) mass is 415 g/mol. The van der Waals surface area contributed by atoms with Crippen LogP contribution in [0, 0.1) is 0 Å². The number of primary amides is 1. The Morgan fingerprint density at radius 3 is 2.39 bits per heavy atom. The van der Waals surface area contributed by atoms with Crippen molar-refractivity contribution in [3.05, 3.63) is 59.1 Å². The van der Waals surface area contributed by atoms with Crippen molar-refractivity contribution in [3.63, 3.8) is 0 Å². The normalized spacial score (nSPS) is 10.6. The molecule has 0 saturated heterocycles. The van der Waals surface area contributed by atoms with Crippen LogP contribution >= 0.6 is 23.4 Å². The van der Waals surface area contributed by atoms with Crippen molar-refractivity contribution in [2.24, 2.45) is 5.73 Å². The molecule has 1 heterocycles. The van der Waals surface area contributed by atoms with E-state index in [-0.39, 0.29) is 11.7 Å². The Labute approximate surface area is 171 Å². The summed E-state index contributed by atoms with van der Waals surface area (Å²) in [6.45, 7) is 2.66. The highest BCUT2D eigenvalue weighted by atomic mass is 35.5. The number of benzene rings is 2. The van der Waals surface area contributed by atoms with Gasteiger partial charge in [-0.1, -0.05) is 23.4 Å². The molecule has 7 nitrogen and oxygen atoms in total. The van der Waals surface area contributed by atoms with Gasteiger partial charge in [-0.25, -0.2) is 0 Å². The molecule has 3 aromatic rings. The molecule has 0 aliphatic rings. The van der Waals surface area contributed by atoms with E-state index in [1.807, 2.05) is 23.6 Å². The van der Waals surface area contributed by atoms with Crippen LogP contribution in [0.1, 0.15) is 17.3 Å². The van der Waals surface area contributed by atoms with E-state index in [1.54, 1.807) is 36.4 Å². The van der Waals surface area contributed by atoms with Crippen molar-refractivity contribution in [2.45, 2.75) is 18.6 Å². The first kappa shape index (κ1) is 19.9. The summed E-state index contributed by atoms with van der Waals surface area (Å²) in [6.07, 6.45) is 0. The zero-order chi connectivity index (χ0) is 20.1. The van der Waals surface area contributed by atoms with E-state index in [2.05, 4.69) is 15.5 Å². The van der Waals surface area contributed by atoms with Gasteiger partial charge in [0.25, 0.3) is 0 Å². The molecule has 0 aliphatic carbocycles. The van der Waals surface area contributed by atoms with Crippen LogP contribution in [0.25, 0.3) is 11.4 Å². The Balaban J connectivity index is 1.64. The van der Waals surface area contributed by atoms with E-state index in [4.69, 9.17) is 17.3 Å². The number of hydrogen-bond donors (Lipinski definition) is 2. The number of anilines is 1. The van der Waals surface area contributed by atoms with Crippen LogP contribution in [0.15, 0.2) is 53.7 Å². The second-order valence-electron chi connectivity index (χ2n) is 5.84. The summed E-state index contributed by atoms with van der Waals surface area (Å²) in [5.41, 5.74) is 7.09. The molecule has 3 rings (SSSR count). The smallest absolute Gasteiger partial charge is 0.248 e. The van der Waals surface area contributed by atoms with Crippen LogP contribution in [0.2, 0.25) is 5.02 Å². The molecule has 0 atom stereocenters. The maximum Gasteiger partial charge on any atom is 0.248 e. The van der Waals surface area contributed by atoms with Gasteiger partial charge in [0.1, 0.15) is 0 Å². The largest absolute Gasteiger partial charge is 0.366 e. The predicted molar refractivity (Wildman–Crippen MR) is 110 cm³/mol. The number of rotatable bonds is 7. The Bertz CT molecular complexity index is 987. The Morgan fingerprint density at radius 1 is 1.11 bits per heavy atom. The minimum absolute atomic E-state index is 0.177. The number of amides is 2. The maximum absolute atomic E-state index is 12.2. The zero-order valence-corrected chi connectivity index (χ0v) is 16.6. The summed E-state index contributed by atoms with van der Waals surface area (Å²) in [6, 6.07) is 13.8. The van der Waals surface area contributed by atoms with Crippen LogP contribution < -0.4 is 11.1 Å². The molecule has 2 amide bonds. The van der Waals surface area contributed by atoms with Gasteiger partial charge in [-0.05, 0) is 55.5 Å². The third kappa shape index (κ3) is 4.71. The molecule has 9 heteroatoms. The quantitative estimate of drug-likeness (QED) is 0.575. The van der Waals surface area contributed by atoms with Gasteiger partial charge in [-0.3, -0.25) is 9.59 Å². The lowest BCUT2D eigenvalue weighted by molar-refractivity contribution is -0.113. The number of nitrogens with two attached hydrogens (primary N) is 1. The van der Waals surface area contributed by atoms with Gasteiger partial charge in [-0.15, -0.1) is 10.2 Å². The van der Waals surface area contributed by atoms with Crippen LogP contribution in [-0.4, -0.2) is 32.3 Å². The molecule has 0 radical (unpaired) electrons. The highest BCUT2D eigenvalue weighted by Gasteiger charge is 2.14. The molecule has 0 saturated carbocycles. The van der Waals surface area contributed by atoms with Crippen LogP contribution in [0.3, 0.4) is 0 Å². The molecular formula is C19H18ClN5O2S. The maximum atomic E-state index is 12.2. The number of carbonyl (C=O) groups is 2. The summed E-state index contributed by atoms with van der Waals surface area (Å²) in [5, 5.41) is 12.5. The summed E-state index contributed by atoms with van der Waals surface area (Å²) >= 11 is 7.24. The molecule has 0 fully saturated rings. The minimum Gasteiger partial charge on any atom is -0.366 e. The van der Waals surface area contributed by atoms with Crippen molar-refractivity contribution < 1.29 is 9.59 Å². The van der Waals surface area contributed by atoms with Crippen molar-refractivity contribution >= 4 is 40.9 Å². The average Bonchev–Trinajstić information content (AvgIpc) is 3.10. The fourth-order valence-electron chi connectivity index (χ4n) is 2.54. The van der Waals surface area contributed by atoms with Gasteiger partial charge in [0.05, 0.1) is 5.75 Å². The predicted octanol–water partition coefficient (Wildman–Crippen LogP) is 3.45. The van der Waals surface area contributed by atoms with Gasteiger partial charge in [0.15, 0.2) is 11.0 Å². The number of thioether (sulfide) groups is 1. The SMILES string of the molecule is CCn1c(SCC(=O)Nc2ccc(C(N)=O)cc2)nnc1-c1ccc(Cl)cc1. The molecule has 28 heavy (non-hydrogen) atoms. The summed E-state index contributed by atoms with van der Waals surface area (Å²) < 4.78 is 1.95. The molecule has 0 unspecified atom stereocenters. The highest BCUT2D eigenvalue weighted by Crippen LogP contribution is 2.25. The minimum atomic E-state index is -0.510. The number of carbonyl (C=O) groups excluding carboxylic acids is 2. The Morgan fingerprint density at radius 2 is 1.79 bits per heavy atom. The van der Waals surface area contributed by atoms with Crippen LogP contribution in [0.5, 0.6) is 0 Å². The van der Waals surface area contributed by atoms with E-state index in [9.17, 15) is 9.59 Å². The fraction of sp³-hybridized carbons (Fsp3) is 0.158. The van der Waals surface area contributed by atoms with Crippen molar-refractivity contribution in [1.82, 2.24) is 14.8 Å². The molecule has 1 aromatic heterocycles. The molecule has 2 aromatic carbocycles. The molecule has 0 spiro atoms. The Kier molecular flexibility index (Phi) is 6.33. The number of halogens is 1. The molecule has 0 bridgehead atoms. The standard InChI is InChI=1S/C19H18ClN5O2S/c1-2-25-18(13-3-7-14(20)8-4-13)23-24-19(25)28-11-16(26)22-15-9-5-12(6-10-15)17(21)27/h3-10H,2,11H2,1H3,(H2,21,27)(H,22,26). The first-order valence-corrected chi connectivity index (χ1v) is 9.86. The lowest BCUT2D eigenvalue weighted by atomic mass is 10.2. The zero-order valence-electron chi connectivity index (χ0n) is 15.1. The number of nitrogens with one attached hydrogen (secondary N) is 1. The first-order valence-electron chi connectivity index (χ1n) is 8.49. The topological polar surface area (TPSA) is 103 Å². The number of aromatic nitrogens is 3. The first-order chi connectivity index (χ1) is 13.5. The van der Waals surface area contributed by atoms with E-state index in [0.29, 0.717) is 28.0 Å². The number of nitrogens with zero attached hydrogens (tertiary/aromatic N) is 3. The summed E-state index contributed by atoms with van der Waals surface area (Å²) in [7, 11) is 0. The highest BCUT2D eigenvalue weighted by molar-refractivity contribution is 7.99. The van der Waals surface area contributed by atoms with Gasteiger partial charge in [0.2, 0.25) is 11.8 Å². The second kappa shape index (κ2) is 8.90. The van der Waals surface area contributed by atoms with Gasteiger partial charge in [-0.2, -0.15) is 0 Å². The molecule has 0 aliphatic heterocycles. The van der Waals surface area contributed by atoms with Gasteiger partial charge in [0, 0.05) is 28.4 Å². The van der Waals surface area contributed by atoms with E-state index >= 15 is 0 Å². The van der Waals surface area contributed by atoms with Gasteiger partial charge < -0.3 is 15.6 Å². The molecule has 3 N–H and O–H groups in total. The van der Waals surface area contributed by atoms with E-state index < -0.39 is 5.91 Å². The average molecular weight is 416 g/mol. The Hall–Kier alpha value is -2.84. The van der Waals surface area contributed by atoms with Crippen molar-refractivity contribution in [2.75, 3.05) is 11.1 Å². The van der Waals surface area contributed by atoms with E-state index in [0.717, 1.165) is 11.4 Å². The number of hydrogen-bond acceptors (Lipinski definition) is 5. The lowest BCUT2D eigenvalue weighted by Gasteiger charge is -2.08. The summed E-state index contributed by atoms with van der Waals surface area (Å²) in [5.74, 6) is 0.208. The molecular weight excluding hydrogens is 398 g/mol. The fourth-order valence-corrected chi connectivity index (χ4v) is 3.47. The lowest BCUT2D eigenvalue weighted by Crippen LogP contribution is -2.15. The van der Waals surface area contributed by atoms with Crippen LogP contribution in [0.4, 0.5) is 5.69 Å².